The number of ether oxygens (including phenoxy) is 2. The molecule has 0 saturated carbocycles. The molecule has 1 aromatic carbocycles. The van der Waals surface area contributed by atoms with Crippen LogP contribution in [-0.2, 0) is 14.3 Å². The predicted molar refractivity (Wildman–Crippen MR) is 146 cm³/mol. The number of carbonyl (C=O) groups excluding carboxylic acids is 2. The molecular formula is C28H32ClF2N5O4. The number of halogens is 3. The number of morpholine rings is 1. The first-order chi connectivity index (χ1) is 19.0. The molecule has 5 rings (SSSR count). The molecule has 1 aliphatic carbocycles. The molecule has 2 saturated heterocycles. The minimum Gasteiger partial charge on any atom is -0.420 e. The molecule has 3 heterocycles. The molecular weight excluding hydrogens is 544 g/mol. The summed E-state index contributed by atoms with van der Waals surface area (Å²) in [6, 6.07) is 7.40. The zero-order valence-electron chi connectivity index (χ0n) is 22.5. The van der Waals surface area contributed by atoms with Crippen LogP contribution < -0.4 is 10.1 Å². The molecule has 0 spiro atoms. The van der Waals surface area contributed by atoms with Crippen LogP contribution in [-0.4, -0.2) is 75.3 Å². The minimum atomic E-state index is -3.83. The molecule has 2 aromatic rings. The third-order valence-electron chi connectivity index (χ3n) is 7.59. The number of H-pyrrole nitrogens is 1. The summed E-state index contributed by atoms with van der Waals surface area (Å²) < 4.78 is 35.7. The van der Waals surface area contributed by atoms with Gasteiger partial charge in [-0.1, -0.05) is 0 Å². The number of hydrogen-bond acceptors (Lipinski definition) is 6. The Morgan fingerprint density at radius 1 is 1.23 bits per heavy atom. The smallest absolute Gasteiger partial charge is 0.420 e. The highest BCUT2D eigenvalue weighted by Crippen LogP contribution is 2.51. The number of rotatable bonds is 7. The minimum absolute atomic E-state index is 0.0257. The SMILES string of the molecule is CC(C)N1C2=C(c3ccn[nH]3)C=C(C(=O)Nc3ccc(OC(F)(F)Cl)cc3)CC2CC1(C)C(=O)N1CCOCC1. The van der Waals surface area contributed by atoms with Crippen LogP contribution in [0, 0.1) is 5.92 Å². The number of benzene rings is 1. The monoisotopic (exact) mass is 575 g/mol. The van der Waals surface area contributed by atoms with E-state index in [1.807, 2.05) is 24.0 Å². The summed E-state index contributed by atoms with van der Waals surface area (Å²) in [5.41, 5.74) is -1.08. The number of hydrogen-bond donors (Lipinski definition) is 2. The van der Waals surface area contributed by atoms with Gasteiger partial charge in [0.25, 0.3) is 5.91 Å². The summed E-state index contributed by atoms with van der Waals surface area (Å²) in [5, 5.41) is 9.99. The molecule has 2 aliphatic heterocycles. The van der Waals surface area contributed by atoms with E-state index in [1.165, 1.54) is 24.3 Å². The maximum atomic E-state index is 14.0. The summed E-state index contributed by atoms with van der Waals surface area (Å²) in [6.07, 6.45) is 4.49. The molecule has 12 heteroatoms. The Kier molecular flexibility index (Phi) is 7.62. The lowest BCUT2D eigenvalue weighted by atomic mass is 9.83. The van der Waals surface area contributed by atoms with E-state index in [1.54, 1.807) is 6.20 Å². The highest BCUT2D eigenvalue weighted by Gasteiger charge is 2.54. The number of nitrogens with zero attached hydrogens (tertiary/aromatic N) is 3. The van der Waals surface area contributed by atoms with Gasteiger partial charge in [0.2, 0.25) is 5.91 Å². The summed E-state index contributed by atoms with van der Waals surface area (Å²) in [4.78, 5) is 31.5. The van der Waals surface area contributed by atoms with Gasteiger partial charge in [-0.25, -0.2) is 0 Å². The number of likely N-dealkylation sites (tertiary alicyclic amines) is 1. The Bertz CT molecular complexity index is 1320. The van der Waals surface area contributed by atoms with Crippen LogP contribution in [0.5, 0.6) is 5.75 Å². The summed E-state index contributed by atoms with van der Waals surface area (Å²) >= 11 is 4.83. The highest BCUT2D eigenvalue weighted by molar-refractivity contribution is 6.20. The second-order valence-electron chi connectivity index (χ2n) is 10.7. The number of allylic oxidation sites excluding steroid dienone is 3. The summed E-state index contributed by atoms with van der Waals surface area (Å²) in [7, 11) is 0. The van der Waals surface area contributed by atoms with Crippen molar-refractivity contribution >= 4 is 34.7 Å². The van der Waals surface area contributed by atoms with Gasteiger partial charge < -0.3 is 24.6 Å². The van der Waals surface area contributed by atoms with E-state index in [0.29, 0.717) is 50.4 Å². The van der Waals surface area contributed by atoms with E-state index in [2.05, 4.69) is 39.0 Å². The number of aromatic amines is 1. The molecule has 2 N–H and O–H groups in total. The van der Waals surface area contributed by atoms with Gasteiger partial charge in [0.1, 0.15) is 11.3 Å². The number of alkyl halides is 3. The van der Waals surface area contributed by atoms with Crippen LogP contribution in [0.25, 0.3) is 5.57 Å². The zero-order valence-corrected chi connectivity index (χ0v) is 23.3. The molecule has 0 radical (unpaired) electrons. The highest BCUT2D eigenvalue weighted by atomic mass is 35.5. The van der Waals surface area contributed by atoms with E-state index in [4.69, 9.17) is 16.3 Å². The van der Waals surface area contributed by atoms with Crippen molar-refractivity contribution in [3.8, 4) is 5.75 Å². The third-order valence-corrected chi connectivity index (χ3v) is 7.66. The van der Waals surface area contributed by atoms with Gasteiger partial charge in [0.05, 0.1) is 18.9 Å². The lowest BCUT2D eigenvalue weighted by Gasteiger charge is -2.43. The third kappa shape index (κ3) is 5.57. The van der Waals surface area contributed by atoms with Gasteiger partial charge in [-0.3, -0.25) is 14.7 Å². The summed E-state index contributed by atoms with van der Waals surface area (Å²) in [5.74, 6) is -0.473. The molecule has 40 heavy (non-hydrogen) atoms. The van der Waals surface area contributed by atoms with Crippen LogP contribution in [0.4, 0.5) is 14.5 Å². The first-order valence-electron chi connectivity index (χ1n) is 13.2. The lowest BCUT2D eigenvalue weighted by molar-refractivity contribution is -0.146. The second kappa shape index (κ2) is 10.9. The molecule has 3 aliphatic rings. The number of anilines is 1. The predicted octanol–water partition coefficient (Wildman–Crippen LogP) is 4.61. The molecule has 9 nitrogen and oxygen atoms in total. The average Bonchev–Trinajstić information content (AvgIpc) is 3.55. The quantitative estimate of drug-likeness (QED) is 0.468. The van der Waals surface area contributed by atoms with Crippen molar-refractivity contribution in [1.29, 1.82) is 0 Å². The number of amides is 2. The van der Waals surface area contributed by atoms with Crippen molar-refractivity contribution in [2.45, 2.75) is 50.8 Å². The first-order valence-corrected chi connectivity index (χ1v) is 13.6. The topological polar surface area (TPSA) is 99.8 Å². The Balaban J connectivity index is 1.45. The van der Waals surface area contributed by atoms with Crippen LogP contribution in [0.3, 0.4) is 0 Å². The van der Waals surface area contributed by atoms with Gasteiger partial charge in [-0.2, -0.15) is 5.10 Å². The fraction of sp³-hybridized carbons (Fsp3) is 0.464. The van der Waals surface area contributed by atoms with Crippen LogP contribution in [0.15, 0.2) is 53.9 Å². The van der Waals surface area contributed by atoms with E-state index in [-0.39, 0.29) is 29.5 Å². The van der Waals surface area contributed by atoms with Crippen molar-refractivity contribution in [2.75, 3.05) is 31.6 Å². The van der Waals surface area contributed by atoms with Crippen molar-refractivity contribution in [3.63, 3.8) is 0 Å². The van der Waals surface area contributed by atoms with Gasteiger partial charge >= 0.3 is 5.57 Å². The molecule has 0 bridgehead atoms. The van der Waals surface area contributed by atoms with Gasteiger partial charge in [0.15, 0.2) is 0 Å². The van der Waals surface area contributed by atoms with Gasteiger partial charge in [-0.05, 0) is 70.0 Å². The van der Waals surface area contributed by atoms with Crippen molar-refractivity contribution in [3.05, 3.63) is 59.6 Å². The van der Waals surface area contributed by atoms with E-state index >= 15 is 0 Å². The van der Waals surface area contributed by atoms with Crippen LogP contribution in [0.1, 0.15) is 39.3 Å². The summed E-state index contributed by atoms with van der Waals surface area (Å²) in [6.45, 7) is 8.28. The first kappa shape index (κ1) is 28.1. The lowest BCUT2D eigenvalue weighted by Crippen LogP contribution is -2.58. The second-order valence-corrected chi connectivity index (χ2v) is 11.2. The zero-order chi connectivity index (χ0) is 28.7. The molecule has 2 fully saturated rings. The van der Waals surface area contributed by atoms with Crippen molar-refractivity contribution < 1.29 is 27.8 Å². The molecule has 2 amide bonds. The van der Waals surface area contributed by atoms with Crippen molar-refractivity contribution in [1.82, 2.24) is 20.0 Å². The van der Waals surface area contributed by atoms with Crippen LogP contribution >= 0.6 is 11.6 Å². The Hall–Kier alpha value is -3.44. The van der Waals surface area contributed by atoms with Crippen LogP contribution in [0.2, 0.25) is 0 Å². The number of carbonyl (C=O) groups is 2. The Morgan fingerprint density at radius 2 is 1.93 bits per heavy atom. The number of nitrogens with one attached hydrogen (secondary N) is 2. The fourth-order valence-corrected chi connectivity index (χ4v) is 6.19. The van der Waals surface area contributed by atoms with E-state index < -0.39 is 11.1 Å². The molecule has 2 unspecified atom stereocenters. The standard InChI is InChI=1S/C28H32ClF2N5O4/c1-17(2)36-24-19(16-27(36,3)26(38)35-10-12-39-13-11-35)14-18(15-22(24)23-8-9-32-34-23)25(37)33-20-4-6-21(7-5-20)40-28(29,30)31/h4-9,15,17,19H,10-14,16H2,1-3H3,(H,32,34)(H,33,37). The van der Waals surface area contributed by atoms with Gasteiger partial charge in [-0.15, -0.1) is 8.78 Å². The number of aromatic nitrogens is 2. The molecule has 1 aromatic heterocycles. The Labute approximate surface area is 236 Å². The van der Waals surface area contributed by atoms with E-state index in [0.717, 1.165) is 17.0 Å². The maximum Gasteiger partial charge on any atom is 0.487 e. The van der Waals surface area contributed by atoms with Gasteiger partial charge in [0, 0.05) is 65.4 Å². The fourth-order valence-electron chi connectivity index (χ4n) is 6.11. The van der Waals surface area contributed by atoms with Crippen molar-refractivity contribution in [2.24, 2.45) is 5.92 Å². The van der Waals surface area contributed by atoms with E-state index in [9.17, 15) is 18.4 Å². The largest absolute Gasteiger partial charge is 0.487 e. The molecule has 214 valence electrons. The maximum absolute atomic E-state index is 14.0. The normalized spacial score (nSPS) is 23.3. The average molecular weight is 576 g/mol. The molecule has 2 atom stereocenters. The Morgan fingerprint density at radius 3 is 2.52 bits per heavy atom. The number of fused-ring (bicyclic) bond motifs is 1.